The first kappa shape index (κ1) is 32.1. The smallest absolute Gasteiger partial charge is 0.323 e. The van der Waals surface area contributed by atoms with Crippen LogP contribution in [0.2, 0.25) is 0 Å². The van der Waals surface area contributed by atoms with Gasteiger partial charge in [-0.3, -0.25) is 19.5 Å². The van der Waals surface area contributed by atoms with E-state index in [4.69, 9.17) is 4.74 Å². The summed E-state index contributed by atoms with van der Waals surface area (Å²) in [5.74, 6) is -1.05. The van der Waals surface area contributed by atoms with E-state index in [-0.39, 0.29) is 30.5 Å². The van der Waals surface area contributed by atoms with Crippen molar-refractivity contribution in [3.8, 4) is 5.75 Å². The lowest BCUT2D eigenvalue weighted by molar-refractivity contribution is -0.137. The Morgan fingerprint density at radius 2 is 1.80 bits per heavy atom. The van der Waals surface area contributed by atoms with E-state index in [1.807, 2.05) is 25.1 Å². The molecule has 0 saturated heterocycles. The van der Waals surface area contributed by atoms with Gasteiger partial charge in [0, 0.05) is 11.9 Å². The molecule has 3 amide bonds. The largest absolute Gasteiger partial charge is 0.495 e. The summed E-state index contributed by atoms with van der Waals surface area (Å²) in [7, 11) is -0.853. The van der Waals surface area contributed by atoms with Gasteiger partial charge in [-0.1, -0.05) is 30.3 Å². The molecule has 2 aromatic carbocycles. The second-order valence-electron chi connectivity index (χ2n) is 10.1. The summed E-state index contributed by atoms with van der Waals surface area (Å²) in [4.78, 5) is 46.6. The number of methoxy groups -OCH3 is 1. The van der Waals surface area contributed by atoms with Crippen molar-refractivity contribution in [1.29, 1.82) is 0 Å². The van der Waals surface area contributed by atoms with Crippen molar-refractivity contribution in [3.63, 3.8) is 0 Å². The number of pyridine rings is 1. The van der Waals surface area contributed by atoms with Crippen molar-refractivity contribution >= 4 is 50.2 Å². The van der Waals surface area contributed by atoms with Gasteiger partial charge in [0.2, 0.25) is 5.91 Å². The number of carbonyl (C=O) groups excluding carboxylic acids is 2. The zero-order valence-electron chi connectivity index (χ0n) is 24.3. The Hall–Kier alpha value is -4.86. The number of aliphatic imine (C=N–C) groups is 1. The Balaban J connectivity index is 1.37. The summed E-state index contributed by atoms with van der Waals surface area (Å²) in [6.07, 6.45) is 0.753. The zero-order chi connectivity index (χ0) is 31.9. The van der Waals surface area contributed by atoms with Crippen LogP contribution in [0.3, 0.4) is 0 Å². The number of carbonyl (C=O) groups is 3. The van der Waals surface area contributed by atoms with Gasteiger partial charge in [0.1, 0.15) is 11.6 Å². The van der Waals surface area contributed by atoms with Gasteiger partial charge in [0.25, 0.3) is 10.0 Å². The molecule has 1 aliphatic rings. The van der Waals surface area contributed by atoms with E-state index in [1.54, 1.807) is 36.2 Å². The minimum atomic E-state index is -4.02. The van der Waals surface area contributed by atoms with Gasteiger partial charge < -0.3 is 25.8 Å². The molecule has 0 fully saturated rings. The highest BCUT2D eigenvalue weighted by Crippen LogP contribution is 2.27. The van der Waals surface area contributed by atoms with E-state index < -0.39 is 40.4 Å². The summed E-state index contributed by atoms with van der Waals surface area (Å²) in [6.45, 7) is 2.23. The number of anilines is 3. The van der Waals surface area contributed by atoms with Gasteiger partial charge >= 0.3 is 12.0 Å². The fourth-order valence-electron chi connectivity index (χ4n) is 4.35. The fourth-order valence-corrected chi connectivity index (χ4v) is 5.70. The number of aliphatic carboxylic acids is 1. The molecule has 0 saturated carbocycles. The average molecular weight is 624 g/mol. The molecule has 0 radical (unpaired) electrons. The maximum atomic E-state index is 12.8. The van der Waals surface area contributed by atoms with Gasteiger partial charge in [-0.25, -0.2) is 22.9 Å². The van der Waals surface area contributed by atoms with Crippen LogP contribution in [0.25, 0.3) is 0 Å². The Morgan fingerprint density at radius 3 is 2.43 bits per heavy atom. The molecular formula is C29H33N7O7S. The van der Waals surface area contributed by atoms with Crippen molar-refractivity contribution < 1.29 is 32.6 Å². The number of aromatic nitrogens is 1. The van der Waals surface area contributed by atoms with Crippen LogP contribution in [0, 0.1) is 6.92 Å². The molecule has 0 spiro atoms. The van der Waals surface area contributed by atoms with E-state index in [0.717, 1.165) is 5.56 Å². The minimum Gasteiger partial charge on any atom is -0.495 e. The lowest BCUT2D eigenvalue weighted by Crippen LogP contribution is -2.37. The average Bonchev–Trinajstić information content (AvgIpc) is 3.42. The highest BCUT2D eigenvalue weighted by atomic mass is 32.2. The van der Waals surface area contributed by atoms with Gasteiger partial charge in [-0.2, -0.15) is 0 Å². The lowest BCUT2D eigenvalue weighted by atomic mass is 10.1. The number of nitrogens with zero attached hydrogens (tertiary/aromatic N) is 3. The van der Waals surface area contributed by atoms with Crippen molar-refractivity contribution in [2.75, 3.05) is 43.3 Å². The molecule has 1 aliphatic heterocycles. The monoisotopic (exact) mass is 623 g/mol. The minimum absolute atomic E-state index is 0.0343. The van der Waals surface area contributed by atoms with E-state index in [9.17, 15) is 27.9 Å². The maximum Gasteiger partial charge on any atom is 0.323 e. The number of aryl methyl sites for hydroxylation is 1. The van der Waals surface area contributed by atoms with E-state index in [2.05, 4.69) is 30.6 Å². The standard InChI is InChI=1S/C29H33N7O7S/c1-18-6-4-5-7-21(18)32-29(40)33-22-10-8-19(12-24(22)43-3)13-26(37)34-25-11-9-20(15-30-25)23(14-28(38)39)35-44(41,42)27-16-36(2)17-31-27/h4-12,15,23,35H,13-14,16-17H2,1-3H3,(H,38,39)(H,30,34,37)(H2,32,33,40). The van der Waals surface area contributed by atoms with E-state index >= 15 is 0 Å². The summed E-state index contributed by atoms with van der Waals surface area (Å²) >= 11 is 0. The Labute approximate surface area is 254 Å². The maximum absolute atomic E-state index is 12.8. The number of amides is 3. The molecule has 2 heterocycles. The van der Waals surface area contributed by atoms with Crippen LogP contribution in [0.15, 0.2) is 65.8 Å². The molecular weight excluding hydrogens is 590 g/mol. The van der Waals surface area contributed by atoms with E-state index in [1.165, 1.54) is 25.4 Å². The molecule has 5 N–H and O–H groups in total. The third kappa shape index (κ3) is 8.59. The number of carboxylic acid groups (broad SMARTS) is 1. The highest BCUT2D eigenvalue weighted by molar-refractivity contribution is 8.04. The summed E-state index contributed by atoms with van der Waals surface area (Å²) < 4.78 is 33.3. The number of hydrogen-bond donors (Lipinski definition) is 5. The van der Waals surface area contributed by atoms with Crippen LogP contribution >= 0.6 is 0 Å². The Kier molecular flexibility index (Phi) is 10.3. The van der Waals surface area contributed by atoms with Crippen molar-refractivity contribution in [3.05, 3.63) is 77.5 Å². The van der Waals surface area contributed by atoms with Crippen LogP contribution in [-0.4, -0.2) is 73.7 Å². The highest BCUT2D eigenvalue weighted by Gasteiger charge is 2.29. The Morgan fingerprint density at radius 1 is 1.05 bits per heavy atom. The third-order valence-electron chi connectivity index (χ3n) is 6.61. The second kappa shape index (κ2) is 14.1. The quantitative estimate of drug-likeness (QED) is 0.214. The zero-order valence-corrected chi connectivity index (χ0v) is 25.1. The number of rotatable bonds is 11. The van der Waals surface area contributed by atoms with Gasteiger partial charge in [-0.15, -0.1) is 0 Å². The van der Waals surface area contributed by atoms with Gasteiger partial charge in [0.15, 0.2) is 5.04 Å². The number of urea groups is 1. The van der Waals surface area contributed by atoms with Crippen molar-refractivity contribution in [2.24, 2.45) is 4.99 Å². The molecule has 44 heavy (non-hydrogen) atoms. The van der Waals surface area contributed by atoms with Gasteiger partial charge in [0.05, 0.1) is 44.9 Å². The number of nitrogens with one attached hydrogen (secondary N) is 4. The van der Waals surface area contributed by atoms with Gasteiger partial charge in [-0.05, 0) is 54.9 Å². The molecule has 1 atom stereocenters. The van der Waals surface area contributed by atoms with Crippen LogP contribution in [-0.2, 0) is 26.0 Å². The first-order valence-corrected chi connectivity index (χ1v) is 14.9. The second-order valence-corrected chi connectivity index (χ2v) is 11.8. The number of carboxylic acids is 1. The number of hydrogen-bond acceptors (Lipinski definition) is 9. The number of ether oxygens (including phenoxy) is 1. The molecule has 232 valence electrons. The fraction of sp³-hybridized carbons (Fsp3) is 0.276. The third-order valence-corrected chi connectivity index (χ3v) is 8.08. The van der Waals surface area contributed by atoms with Crippen LogP contribution in [0.5, 0.6) is 5.75 Å². The first-order valence-electron chi connectivity index (χ1n) is 13.5. The molecule has 4 rings (SSSR count). The van der Waals surface area contributed by atoms with Crippen LogP contribution in [0.4, 0.5) is 22.0 Å². The molecule has 15 heteroatoms. The topological polar surface area (TPSA) is 191 Å². The SMILES string of the molecule is COc1cc(CC(=O)Nc2ccc(C(CC(=O)O)NS(=O)(=O)C3=NCN(C)C3)cn2)ccc1NC(=O)Nc1ccccc1C. The van der Waals surface area contributed by atoms with Crippen molar-refractivity contribution in [2.45, 2.75) is 25.8 Å². The predicted octanol–water partition coefficient (Wildman–Crippen LogP) is 2.96. The van der Waals surface area contributed by atoms with E-state index in [0.29, 0.717) is 28.3 Å². The summed E-state index contributed by atoms with van der Waals surface area (Å²) in [5, 5.41) is 17.5. The number of para-hydroxylation sites is 1. The Bertz CT molecular complexity index is 1680. The number of sulfonamides is 1. The molecule has 14 nitrogen and oxygen atoms in total. The predicted molar refractivity (Wildman–Crippen MR) is 165 cm³/mol. The van der Waals surface area contributed by atoms with Crippen molar-refractivity contribution in [1.82, 2.24) is 14.6 Å². The molecule has 3 aromatic rings. The molecule has 0 bridgehead atoms. The normalized spacial score (nSPS) is 13.9. The first-order chi connectivity index (χ1) is 20.9. The summed E-state index contributed by atoms with van der Waals surface area (Å²) in [6, 6.07) is 13.7. The number of benzene rings is 2. The lowest BCUT2D eigenvalue weighted by Gasteiger charge is -2.18. The molecule has 0 aliphatic carbocycles. The van der Waals surface area contributed by atoms with Crippen LogP contribution < -0.4 is 25.4 Å². The molecule has 1 aromatic heterocycles. The van der Waals surface area contributed by atoms with Crippen LogP contribution in [0.1, 0.15) is 29.2 Å². The molecule has 1 unspecified atom stereocenters. The summed E-state index contributed by atoms with van der Waals surface area (Å²) in [5.41, 5.74) is 2.91.